The van der Waals surface area contributed by atoms with E-state index in [9.17, 15) is 137 Å². The predicted molar refractivity (Wildman–Crippen MR) is 341 cm³/mol. The van der Waals surface area contributed by atoms with Crippen LogP contribution < -0.4 is 21.3 Å². The third-order valence-electron chi connectivity index (χ3n) is 20.3. The van der Waals surface area contributed by atoms with Gasteiger partial charge < -0.3 is 219 Å². The van der Waals surface area contributed by atoms with Gasteiger partial charge in [0.1, 0.15) is 207 Å². The highest BCUT2D eigenvalue weighted by atomic mass is 16.8. The van der Waals surface area contributed by atoms with Crippen LogP contribution in [0, 0.1) is 0 Å². The first kappa shape index (κ1) is 90.2. The fourth-order valence-corrected chi connectivity index (χ4v) is 14.2. The number of rotatable bonds is 27. The van der Waals surface area contributed by atoms with Crippen molar-refractivity contribution >= 4 is 23.6 Å². The number of aliphatic hydroxyl groups is 23. The summed E-state index contributed by atoms with van der Waals surface area (Å²) in [6.45, 7) is -0.963. The van der Waals surface area contributed by atoms with Gasteiger partial charge in [0, 0.05) is 27.7 Å². The van der Waals surface area contributed by atoms with E-state index in [1.54, 1.807) is 0 Å². The van der Waals surface area contributed by atoms with Crippen LogP contribution >= 0.6 is 0 Å². The Labute approximate surface area is 624 Å². The molecule has 9 fully saturated rings. The van der Waals surface area contributed by atoms with Crippen LogP contribution in [-0.2, 0) is 99.7 Å². The molecule has 9 heterocycles. The second-order valence-electron chi connectivity index (χ2n) is 28.2. The monoisotopic (exact) mass is 1610 g/mol. The van der Waals surface area contributed by atoms with Gasteiger partial charge in [0.2, 0.25) is 23.6 Å². The average Bonchev–Trinajstić information content (AvgIpc) is 0.761. The summed E-state index contributed by atoms with van der Waals surface area (Å²) in [7, 11) is 0. The maximum atomic E-state index is 13.5. The number of hydrogen-bond donors (Lipinski definition) is 27. The Hall–Kier alpha value is -3.72. The summed E-state index contributed by atoms with van der Waals surface area (Å²) < 4.78 is 102. The van der Waals surface area contributed by atoms with Gasteiger partial charge in [0.25, 0.3) is 0 Å². The number of hydrogen-bond acceptors (Lipinski definition) is 44. The summed E-state index contributed by atoms with van der Waals surface area (Å²) in [5.41, 5.74) is 0. The fourth-order valence-electron chi connectivity index (χ4n) is 14.2. The normalized spacial score (nSPS) is 49.6. The van der Waals surface area contributed by atoms with Crippen molar-refractivity contribution in [3.8, 4) is 0 Å². The Morgan fingerprint density at radius 1 is 0.255 bits per heavy atom. The van der Waals surface area contributed by atoms with E-state index < -0.39 is 346 Å². The van der Waals surface area contributed by atoms with E-state index >= 15 is 0 Å². The highest BCUT2D eigenvalue weighted by Gasteiger charge is 2.61. The zero-order chi connectivity index (χ0) is 81.1. The van der Waals surface area contributed by atoms with Crippen molar-refractivity contribution in [1.82, 2.24) is 21.3 Å². The van der Waals surface area contributed by atoms with E-state index in [4.69, 9.17) is 80.5 Å². The maximum Gasteiger partial charge on any atom is 0.217 e. The maximum absolute atomic E-state index is 13.5. The van der Waals surface area contributed by atoms with Crippen molar-refractivity contribution < 1.29 is 217 Å². The number of carbonyl (C=O) groups is 4. The lowest BCUT2D eigenvalue weighted by molar-refractivity contribution is -0.401. The number of aliphatic hydroxyl groups excluding tert-OH is 23. The Balaban J connectivity index is 1.06. The largest absolute Gasteiger partial charge is 0.394 e. The lowest BCUT2D eigenvalue weighted by atomic mass is 9.93. The fraction of sp³-hybridized carbons (Fsp3) is 0.935. The van der Waals surface area contributed by atoms with Crippen LogP contribution in [0.3, 0.4) is 0 Å². The molecule has 1 unspecified atom stereocenters. The van der Waals surface area contributed by atoms with Crippen molar-refractivity contribution in [1.29, 1.82) is 0 Å². The van der Waals surface area contributed by atoms with Crippen LogP contribution in [0.25, 0.3) is 0 Å². The first-order valence-electron chi connectivity index (χ1n) is 35.3. The van der Waals surface area contributed by atoms with Gasteiger partial charge in [0.05, 0.1) is 58.5 Å². The third kappa shape index (κ3) is 19.9. The summed E-state index contributed by atoms with van der Waals surface area (Å²) in [4.78, 5) is 51.6. The molecule has 0 aromatic rings. The molecule has 4 amide bonds. The van der Waals surface area contributed by atoms with Crippen molar-refractivity contribution in [3.63, 3.8) is 0 Å². The zero-order valence-electron chi connectivity index (χ0n) is 59.8. The van der Waals surface area contributed by atoms with E-state index in [2.05, 4.69) is 21.3 Å². The van der Waals surface area contributed by atoms with Crippen molar-refractivity contribution in [3.05, 3.63) is 0 Å². The van der Waals surface area contributed by atoms with Gasteiger partial charge in [-0.3, -0.25) is 19.2 Å². The molecular formula is C62H104N4O44. The quantitative estimate of drug-likeness (QED) is 0.0363. The number of ether oxygens (including phenoxy) is 17. The van der Waals surface area contributed by atoms with Crippen LogP contribution in [0.2, 0.25) is 0 Å². The van der Waals surface area contributed by atoms with Gasteiger partial charge in [-0.2, -0.15) is 0 Å². The first-order chi connectivity index (χ1) is 51.9. The molecule has 636 valence electrons. The molecule has 9 aliphatic heterocycles. The number of amides is 4. The summed E-state index contributed by atoms with van der Waals surface area (Å²) in [5.74, 6) is -3.60. The lowest BCUT2D eigenvalue weighted by Crippen LogP contribution is -2.72. The van der Waals surface area contributed by atoms with Crippen molar-refractivity contribution in [2.24, 2.45) is 0 Å². The minimum absolute atomic E-state index is 0.817. The van der Waals surface area contributed by atoms with Gasteiger partial charge in [-0.1, -0.05) is 0 Å². The molecular weight excluding hydrogens is 1500 g/mol. The summed E-state index contributed by atoms with van der Waals surface area (Å²) in [6.07, 6.45) is -82.3. The molecule has 48 heteroatoms. The summed E-state index contributed by atoms with van der Waals surface area (Å²) >= 11 is 0. The van der Waals surface area contributed by atoms with Gasteiger partial charge >= 0.3 is 0 Å². The molecule has 9 aliphatic rings. The van der Waals surface area contributed by atoms with E-state index in [0.29, 0.717) is 0 Å². The Morgan fingerprint density at radius 3 is 1.11 bits per heavy atom. The third-order valence-corrected chi connectivity index (χ3v) is 20.3. The average molecular weight is 1610 g/mol. The molecule has 0 saturated carbocycles. The molecule has 45 atom stereocenters. The Bertz CT molecular complexity index is 2930. The van der Waals surface area contributed by atoms with Crippen LogP contribution in [-0.4, -0.2) is 463 Å². The second-order valence-corrected chi connectivity index (χ2v) is 28.2. The first-order valence-corrected chi connectivity index (χ1v) is 35.3. The van der Waals surface area contributed by atoms with E-state index in [1.807, 2.05) is 0 Å². The van der Waals surface area contributed by atoms with E-state index in [1.165, 1.54) is 13.8 Å². The molecule has 9 saturated heterocycles. The lowest BCUT2D eigenvalue weighted by Gasteiger charge is -2.52. The molecule has 0 bridgehead atoms. The minimum atomic E-state index is -2.54. The van der Waals surface area contributed by atoms with Crippen molar-refractivity contribution in [2.45, 2.75) is 318 Å². The predicted octanol–water partition coefficient (Wildman–Crippen LogP) is -18.0. The highest BCUT2D eigenvalue weighted by molar-refractivity contribution is 5.74. The second kappa shape index (κ2) is 39.0. The van der Waals surface area contributed by atoms with Gasteiger partial charge in [-0.15, -0.1) is 0 Å². The van der Waals surface area contributed by atoms with Crippen molar-refractivity contribution in [2.75, 3.05) is 46.2 Å². The Kier molecular flexibility index (Phi) is 32.0. The Morgan fingerprint density at radius 2 is 0.582 bits per heavy atom. The molecule has 0 aliphatic carbocycles. The van der Waals surface area contributed by atoms with Crippen LogP contribution in [0.4, 0.5) is 0 Å². The molecule has 0 radical (unpaired) electrons. The van der Waals surface area contributed by atoms with Gasteiger partial charge in [-0.25, -0.2) is 0 Å². The van der Waals surface area contributed by atoms with E-state index in [0.717, 1.165) is 27.7 Å². The van der Waals surface area contributed by atoms with E-state index in [-0.39, 0.29) is 0 Å². The van der Waals surface area contributed by atoms with Crippen LogP contribution in [0.1, 0.15) is 41.5 Å². The molecule has 0 aromatic heterocycles. The summed E-state index contributed by atoms with van der Waals surface area (Å²) in [6, 6.07) is -7.43. The molecule has 0 aromatic carbocycles. The highest BCUT2D eigenvalue weighted by Crippen LogP contribution is 2.40. The standard InChI is InChI=1S/C62H104N4O44/c1-14-31(76)40(85)44(89)58(96-14)95-13-26-49(38(83)27(54(93)98-26)63-16(3)72)105-56-29(65-18(5)74)39(84)48(23(10-70)102-56)106-61-47(92)52(36(81)25(104-61)12-94-59-45(90)42(87)34(79)21(8-68)100-59)109-62-53(43(88)35(80)22(9-69)101-62)110-57-30(66-19(6)75)51(108-60-46(91)41(86)32(77)15(2)97-60)50(24(11-71)103-57)107-55-28(64-17(4)73)37(82)33(78)20(7-67)99-55/h14-15,20-62,67-71,76-93H,7-13H2,1-6H3,(H,63,72)(H,64,73)(H,65,74)(H,66,75)/t14-,15-,20+,21+,22+,23+,24+,25+,26+,27+,28+,29+,30+,31+,32+,33-,34+,35+,36+,37+,38+,39+,40+,41+,42-,43-,44-,45-,46-,47-,48+,49+,50+,51+,52-,53-,54?,55-,56-,57-,58+,59-,60-,61-,62+/m0/s1. The van der Waals surface area contributed by atoms with Gasteiger partial charge in [-0.05, 0) is 13.8 Å². The minimum Gasteiger partial charge on any atom is -0.394 e. The van der Waals surface area contributed by atoms with Crippen LogP contribution in [0.5, 0.6) is 0 Å². The summed E-state index contributed by atoms with van der Waals surface area (Å²) in [5, 5.41) is 266. The molecule has 48 nitrogen and oxygen atoms in total. The molecule has 27 N–H and O–H groups in total. The molecule has 110 heavy (non-hydrogen) atoms. The topological polar surface area (TPSA) is 739 Å². The SMILES string of the molecule is CC(=O)N[C@H]1[C@H](O[C@H]2[C@H](O)[C@@H](NC(C)=O)C(O)O[C@@H]2CO[C@@H]2O[C@@H](C)[C@@H](O)[C@@H](O)[C@@H]2O)O[C@H](CO)[C@@H](O[C@@H]2O[C@H](CO[C@H]3O[C@H](CO)[C@@H](O)[C@H](O)[C@@H]3O)[C@@H](O)[C@H](O[C@H]3O[C@H](CO)[C@@H](O)[C@H](O)[C@@H]3O[C@@H]3O[C@H](CO)[C@@H](O[C@@H]4O[C@H](CO)[C@H](O)[C@H](O)[C@H]4NC(C)=O)[C@H](O[C@@H]4O[C@@H](C)[C@@H](O)[C@@H](O)[C@@H]4O)[C@H]3NC(C)=O)[C@@H]2O)[C@@H]1O. The molecule has 0 spiro atoms. The number of carbonyl (C=O) groups excluding carboxylic acids is 4. The van der Waals surface area contributed by atoms with Gasteiger partial charge in [0.15, 0.2) is 56.6 Å². The zero-order valence-corrected chi connectivity index (χ0v) is 59.8. The smallest absolute Gasteiger partial charge is 0.217 e. The van der Waals surface area contributed by atoms with Crippen LogP contribution in [0.15, 0.2) is 0 Å². The molecule has 9 rings (SSSR count). The number of nitrogens with one attached hydrogen (secondary N) is 4.